The lowest BCUT2D eigenvalue weighted by atomic mass is 10.1. The summed E-state index contributed by atoms with van der Waals surface area (Å²) in [6.45, 7) is 1.79. The Bertz CT molecular complexity index is 866. The number of hydrogen-bond donors (Lipinski definition) is 0. The van der Waals surface area contributed by atoms with E-state index in [0.29, 0.717) is 4.47 Å². The van der Waals surface area contributed by atoms with E-state index < -0.39 is 21.6 Å². The molecule has 0 saturated carbocycles. The molecule has 0 heterocycles. The first-order chi connectivity index (χ1) is 11.1. The lowest BCUT2D eigenvalue weighted by Crippen LogP contribution is -2.30. The van der Waals surface area contributed by atoms with Gasteiger partial charge >= 0.3 is 0 Å². The van der Waals surface area contributed by atoms with Crippen molar-refractivity contribution in [1.29, 1.82) is 0 Å². The molecule has 0 radical (unpaired) electrons. The van der Waals surface area contributed by atoms with Crippen LogP contribution in [-0.2, 0) is 9.84 Å². The van der Waals surface area contributed by atoms with Crippen LogP contribution >= 0.6 is 15.9 Å². The average Bonchev–Trinajstić information content (AvgIpc) is 2.54. The molecule has 1 amide bonds. The van der Waals surface area contributed by atoms with Gasteiger partial charge in [0.1, 0.15) is 5.82 Å². The molecule has 0 aliphatic heterocycles. The van der Waals surface area contributed by atoms with Gasteiger partial charge in [0.05, 0.1) is 16.5 Å². The molecule has 2 aromatic rings. The van der Waals surface area contributed by atoms with Gasteiger partial charge in [-0.15, -0.1) is 0 Å². The Kier molecular flexibility index (Phi) is 5.45. The van der Waals surface area contributed by atoms with Gasteiger partial charge in [0.25, 0.3) is 5.91 Å². The first-order valence-electron chi connectivity index (χ1n) is 7.13. The normalized spacial score (nSPS) is 12.7. The summed E-state index contributed by atoms with van der Waals surface area (Å²) in [5.41, 5.74) is 0.736. The zero-order chi connectivity index (χ0) is 18.1. The van der Waals surface area contributed by atoms with Crippen LogP contribution in [0.4, 0.5) is 4.39 Å². The van der Waals surface area contributed by atoms with Crippen LogP contribution in [0.2, 0.25) is 0 Å². The quantitative estimate of drug-likeness (QED) is 0.765. The van der Waals surface area contributed by atoms with E-state index in [-0.39, 0.29) is 16.5 Å². The molecule has 0 unspecified atom stereocenters. The Balaban J connectivity index is 2.27. The summed E-state index contributed by atoms with van der Waals surface area (Å²) in [5.74, 6) is -1.04. The SMILES string of the molecule is C[C@@H](c1ccc(S(C)(=O)=O)cc1)N(C)C(=O)c1cc(Br)ccc1F. The molecule has 0 bridgehead atoms. The van der Waals surface area contributed by atoms with Crippen LogP contribution < -0.4 is 0 Å². The molecule has 2 rings (SSSR count). The highest BCUT2D eigenvalue weighted by Crippen LogP contribution is 2.24. The maximum atomic E-state index is 13.9. The molecule has 2 aromatic carbocycles. The third-order valence-electron chi connectivity index (χ3n) is 3.85. The van der Waals surface area contributed by atoms with Crippen molar-refractivity contribution in [3.63, 3.8) is 0 Å². The van der Waals surface area contributed by atoms with Gasteiger partial charge in [0.15, 0.2) is 9.84 Å². The smallest absolute Gasteiger partial charge is 0.257 e. The molecule has 0 aliphatic rings. The van der Waals surface area contributed by atoms with Crippen molar-refractivity contribution < 1.29 is 17.6 Å². The number of benzene rings is 2. The molecule has 0 saturated heterocycles. The fourth-order valence-corrected chi connectivity index (χ4v) is 3.24. The molecular formula is C17H17BrFNO3S. The molecule has 24 heavy (non-hydrogen) atoms. The average molecular weight is 414 g/mol. The summed E-state index contributed by atoms with van der Waals surface area (Å²) >= 11 is 3.23. The minimum Gasteiger partial charge on any atom is -0.335 e. The number of amides is 1. The Morgan fingerprint density at radius 3 is 2.29 bits per heavy atom. The summed E-state index contributed by atoms with van der Waals surface area (Å²) < 4.78 is 37.5. The highest BCUT2D eigenvalue weighted by molar-refractivity contribution is 9.10. The largest absolute Gasteiger partial charge is 0.335 e. The Labute approximate surface area is 149 Å². The molecule has 0 spiro atoms. The minimum absolute atomic E-state index is 0.0218. The Morgan fingerprint density at radius 2 is 1.75 bits per heavy atom. The van der Waals surface area contributed by atoms with Crippen molar-refractivity contribution >= 4 is 31.7 Å². The minimum atomic E-state index is -3.27. The molecule has 1 atom stereocenters. The summed E-state index contributed by atoms with van der Waals surface area (Å²) in [4.78, 5) is 14.2. The van der Waals surface area contributed by atoms with Gasteiger partial charge in [-0.25, -0.2) is 12.8 Å². The van der Waals surface area contributed by atoms with Gasteiger partial charge in [-0.1, -0.05) is 28.1 Å². The van der Waals surface area contributed by atoms with Crippen LogP contribution in [0, 0.1) is 5.82 Å². The summed E-state index contributed by atoms with van der Waals surface area (Å²) in [7, 11) is -1.69. The molecular weight excluding hydrogens is 397 g/mol. The summed E-state index contributed by atoms with van der Waals surface area (Å²) in [6.07, 6.45) is 1.14. The molecule has 0 N–H and O–H groups in total. The second kappa shape index (κ2) is 7.03. The third-order valence-corrected chi connectivity index (χ3v) is 5.47. The lowest BCUT2D eigenvalue weighted by molar-refractivity contribution is 0.0737. The number of rotatable bonds is 4. The third kappa shape index (κ3) is 4.02. The van der Waals surface area contributed by atoms with E-state index in [0.717, 1.165) is 11.8 Å². The highest BCUT2D eigenvalue weighted by Gasteiger charge is 2.22. The van der Waals surface area contributed by atoms with Crippen LogP contribution in [0.15, 0.2) is 51.8 Å². The van der Waals surface area contributed by atoms with Crippen molar-refractivity contribution in [3.05, 3.63) is 63.9 Å². The van der Waals surface area contributed by atoms with Crippen LogP contribution in [-0.4, -0.2) is 32.5 Å². The van der Waals surface area contributed by atoms with Crippen molar-refractivity contribution in [3.8, 4) is 0 Å². The number of nitrogens with zero attached hydrogens (tertiary/aromatic N) is 1. The molecule has 4 nitrogen and oxygen atoms in total. The fourth-order valence-electron chi connectivity index (χ4n) is 2.24. The monoisotopic (exact) mass is 413 g/mol. The Hall–Kier alpha value is -1.73. The standard InChI is InChI=1S/C17H17BrFNO3S/c1-11(12-4-7-14(8-5-12)24(3,22)23)20(2)17(21)15-10-13(18)6-9-16(15)19/h4-11H,1-3H3/t11-/m0/s1. The molecule has 0 aromatic heterocycles. The fraction of sp³-hybridized carbons (Fsp3) is 0.235. The van der Waals surface area contributed by atoms with Gasteiger partial charge in [-0.2, -0.15) is 0 Å². The van der Waals surface area contributed by atoms with Gasteiger partial charge in [-0.05, 0) is 42.8 Å². The predicted octanol–water partition coefficient (Wildman–Crippen LogP) is 3.82. The van der Waals surface area contributed by atoms with E-state index >= 15 is 0 Å². The predicted molar refractivity (Wildman–Crippen MR) is 94.2 cm³/mol. The van der Waals surface area contributed by atoms with E-state index in [9.17, 15) is 17.6 Å². The molecule has 0 aliphatic carbocycles. The second-order valence-corrected chi connectivity index (χ2v) is 8.49. The number of carbonyl (C=O) groups is 1. The van der Waals surface area contributed by atoms with E-state index in [4.69, 9.17) is 0 Å². The Morgan fingerprint density at radius 1 is 1.17 bits per heavy atom. The molecule has 128 valence electrons. The number of halogens is 2. The zero-order valence-electron chi connectivity index (χ0n) is 13.5. The number of hydrogen-bond acceptors (Lipinski definition) is 3. The van der Waals surface area contributed by atoms with E-state index in [1.165, 1.54) is 35.2 Å². The van der Waals surface area contributed by atoms with Crippen LogP contribution in [0.25, 0.3) is 0 Å². The van der Waals surface area contributed by atoms with E-state index in [1.807, 2.05) is 0 Å². The van der Waals surface area contributed by atoms with Gasteiger partial charge in [-0.3, -0.25) is 4.79 Å². The topological polar surface area (TPSA) is 54.5 Å². The maximum Gasteiger partial charge on any atom is 0.257 e. The summed E-state index contributed by atoms with van der Waals surface area (Å²) in [6, 6.07) is 10.2. The van der Waals surface area contributed by atoms with Crippen LogP contribution in [0.5, 0.6) is 0 Å². The van der Waals surface area contributed by atoms with Crippen LogP contribution in [0.1, 0.15) is 28.9 Å². The van der Waals surface area contributed by atoms with Crippen molar-refractivity contribution in [1.82, 2.24) is 4.90 Å². The van der Waals surface area contributed by atoms with Gasteiger partial charge in [0.2, 0.25) is 0 Å². The van der Waals surface area contributed by atoms with Gasteiger partial charge < -0.3 is 4.90 Å². The number of sulfone groups is 1. The second-order valence-electron chi connectivity index (χ2n) is 5.56. The first-order valence-corrected chi connectivity index (χ1v) is 9.82. The van der Waals surface area contributed by atoms with Crippen molar-refractivity contribution in [2.24, 2.45) is 0 Å². The highest BCUT2D eigenvalue weighted by atomic mass is 79.9. The maximum absolute atomic E-state index is 13.9. The first kappa shape index (κ1) is 18.6. The van der Waals surface area contributed by atoms with Crippen molar-refractivity contribution in [2.75, 3.05) is 13.3 Å². The molecule has 0 fully saturated rings. The number of carbonyl (C=O) groups excluding carboxylic acids is 1. The zero-order valence-corrected chi connectivity index (χ0v) is 15.9. The summed E-state index contributed by atoms with van der Waals surface area (Å²) in [5, 5.41) is 0. The van der Waals surface area contributed by atoms with Crippen LogP contribution in [0.3, 0.4) is 0 Å². The lowest BCUT2D eigenvalue weighted by Gasteiger charge is -2.26. The van der Waals surface area contributed by atoms with E-state index in [2.05, 4.69) is 15.9 Å². The van der Waals surface area contributed by atoms with E-state index in [1.54, 1.807) is 26.1 Å². The molecule has 7 heteroatoms. The van der Waals surface area contributed by atoms with Crippen molar-refractivity contribution in [2.45, 2.75) is 17.9 Å². The van der Waals surface area contributed by atoms with Gasteiger partial charge in [0, 0.05) is 17.8 Å².